The Bertz CT molecular complexity index is 558. The number of ketones is 1. The number of Topliss-reactive ketones (excluding diaryl/α,β-unsaturated/α-hetero) is 1. The lowest BCUT2D eigenvalue weighted by molar-refractivity contribution is 0.0979. The molecule has 0 aromatic heterocycles. The quantitative estimate of drug-likeness (QED) is 0.626. The molecule has 0 spiro atoms. The Morgan fingerprint density at radius 3 is 2.56 bits per heavy atom. The Morgan fingerprint density at radius 1 is 1.06 bits per heavy atom. The maximum atomic E-state index is 12.0. The lowest BCUT2D eigenvalue weighted by Crippen LogP contribution is -1.98. The van der Waals surface area contributed by atoms with E-state index in [1.165, 1.54) is 0 Å². The molecule has 18 heavy (non-hydrogen) atoms. The SMILES string of the molecule is CCCCCC(=O)c1ccc2cc(O)ccc2c1. The number of carbonyl (C=O) groups is 1. The van der Waals surface area contributed by atoms with Crippen molar-refractivity contribution in [2.24, 2.45) is 0 Å². The number of benzene rings is 2. The van der Waals surface area contributed by atoms with Gasteiger partial charge in [0.05, 0.1) is 0 Å². The molecular weight excluding hydrogens is 224 g/mol. The van der Waals surface area contributed by atoms with Crippen LogP contribution in [0, 0.1) is 0 Å². The molecule has 2 aromatic carbocycles. The molecule has 1 N–H and O–H groups in total. The summed E-state index contributed by atoms with van der Waals surface area (Å²) in [4.78, 5) is 12.0. The summed E-state index contributed by atoms with van der Waals surface area (Å²) >= 11 is 0. The summed E-state index contributed by atoms with van der Waals surface area (Å²) in [6, 6.07) is 10.8. The van der Waals surface area contributed by atoms with Gasteiger partial charge in [-0.1, -0.05) is 38.0 Å². The largest absolute Gasteiger partial charge is 0.508 e. The van der Waals surface area contributed by atoms with Crippen LogP contribution in [0.15, 0.2) is 36.4 Å². The highest BCUT2D eigenvalue weighted by molar-refractivity contribution is 6.00. The second-order valence-electron chi connectivity index (χ2n) is 4.63. The highest BCUT2D eigenvalue weighted by atomic mass is 16.3. The standard InChI is InChI=1S/C16H18O2/c1-2-3-4-5-16(18)14-7-6-13-11-15(17)9-8-12(13)10-14/h6-11,17H,2-5H2,1H3. The predicted molar refractivity (Wildman–Crippen MR) is 74.1 cm³/mol. The van der Waals surface area contributed by atoms with Gasteiger partial charge in [-0.05, 0) is 35.4 Å². The minimum absolute atomic E-state index is 0.207. The summed E-state index contributed by atoms with van der Waals surface area (Å²) in [7, 11) is 0. The summed E-state index contributed by atoms with van der Waals surface area (Å²) < 4.78 is 0. The van der Waals surface area contributed by atoms with Gasteiger partial charge in [-0.15, -0.1) is 0 Å². The fourth-order valence-electron chi connectivity index (χ4n) is 2.09. The van der Waals surface area contributed by atoms with Gasteiger partial charge in [0.1, 0.15) is 5.75 Å². The van der Waals surface area contributed by atoms with E-state index in [0.717, 1.165) is 35.6 Å². The molecule has 0 heterocycles. The molecule has 0 aliphatic carbocycles. The van der Waals surface area contributed by atoms with Crippen LogP contribution in [0.1, 0.15) is 43.0 Å². The van der Waals surface area contributed by atoms with Gasteiger partial charge in [-0.25, -0.2) is 0 Å². The van der Waals surface area contributed by atoms with E-state index in [2.05, 4.69) is 6.92 Å². The van der Waals surface area contributed by atoms with E-state index >= 15 is 0 Å². The zero-order valence-corrected chi connectivity index (χ0v) is 10.6. The van der Waals surface area contributed by atoms with Crippen molar-refractivity contribution < 1.29 is 9.90 Å². The number of rotatable bonds is 5. The van der Waals surface area contributed by atoms with Crippen LogP contribution < -0.4 is 0 Å². The summed E-state index contributed by atoms with van der Waals surface area (Å²) in [6.45, 7) is 2.13. The molecule has 94 valence electrons. The second kappa shape index (κ2) is 5.67. The fourth-order valence-corrected chi connectivity index (χ4v) is 2.09. The molecule has 2 heteroatoms. The van der Waals surface area contributed by atoms with Crippen molar-refractivity contribution in [3.63, 3.8) is 0 Å². The fraction of sp³-hybridized carbons (Fsp3) is 0.312. The van der Waals surface area contributed by atoms with Crippen molar-refractivity contribution in [3.05, 3.63) is 42.0 Å². The molecule has 0 radical (unpaired) electrons. The topological polar surface area (TPSA) is 37.3 Å². The van der Waals surface area contributed by atoms with E-state index in [1.54, 1.807) is 12.1 Å². The third-order valence-electron chi connectivity index (χ3n) is 3.15. The number of unbranched alkanes of at least 4 members (excludes halogenated alkanes) is 2. The first kappa shape index (κ1) is 12.6. The zero-order chi connectivity index (χ0) is 13.0. The average Bonchev–Trinajstić information content (AvgIpc) is 2.38. The minimum atomic E-state index is 0.207. The molecule has 0 aliphatic heterocycles. The first-order chi connectivity index (χ1) is 8.70. The summed E-state index contributed by atoms with van der Waals surface area (Å²) in [5, 5.41) is 11.3. The number of carbonyl (C=O) groups excluding carboxylic acids is 1. The second-order valence-corrected chi connectivity index (χ2v) is 4.63. The van der Waals surface area contributed by atoms with Crippen LogP contribution >= 0.6 is 0 Å². The Hall–Kier alpha value is -1.83. The lowest BCUT2D eigenvalue weighted by atomic mass is 10.0. The van der Waals surface area contributed by atoms with Crippen LogP contribution in [0.5, 0.6) is 5.75 Å². The molecular formula is C16H18O2. The van der Waals surface area contributed by atoms with Gasteiger partial charge in [-0.2, -0.15) is 0 Å². The molecule has 0 unspecified atom stereocenters. The molecule has 2 aromatic rings. The van der Waals surface area contributed by atoms with E-state index < -0.39 is 0 Å². The van der Waals surface area contributed by atoms with Gasteiger partial charge in [-0.3, -0.25) is 4.79 Å². The van der Waals surface area contributed by atoms with Crippen molar-refractivity contribution in [2.45, 2.75) is 32.6 Å². The van der Waals surface area contributed by atoms with Crippen molar-refractivity contribution in [1.82, 2.24) is 0 Å². The van der Waals surface area contributed by atoms with Gasteiger partial charge in [0.2, 0.25) is 0 Å². The Balaban J connectivity index is 2.19. The van der Waals surface area contributed by atoms with Gasteiger partial charge < -0.3 is 5.11 Å². The van der Waals surface area contributed by atoms with Crippen molar-refractivity contribution in [3.8, 4) is 5.75 Å². The number of phenols is 1. The monoisotopic (exact) mass is 242 g/mol. The molecule has 0 atom stereocenters. The first-order valence-electron chi connectivity index (χ1n) is 6.46. The number of fused-ring (bicyclic) bond motifs is 1. The molecule has 0 fully saturated rings. The number of hydrogen-bond acceptors (Lipinski definition) is 2. The number of hydrogen-bond donors (Lipinski definition) is 1. The van der Waals surface area contributed by atoms with E-state index in [-0.39, 0.29) is 11.5 Å². The van der Waals surface area contributed by atoms with Gasteiger partial charge in [0.15, 0.2) is 5.78 Å². The molecule has 0 saturated carbocycles. The predicted octanol–water partition coefficient (Wildman–Crippen LogP) is 4.31. The molecule has 2 nitrogen and oxygen atoms in total. The normalized spacial score (nSPS) is 10.7. The van der Waals surface area contributed by atoms with Gasteiger partial charge >= 0.3 is 0 Å². The first-order valence-corrected chi connectivity index (χ1v) is 6.46. The molecule has 0 amide bonds. The smallest absolute Gasteiger partial charge is 0.162 e. The van der Waals surface area contributed by atoms with Crippen LogP contribution in [0.3, 0.4) is 0 Å². The summed E-state index contributed by atoms with van der Waals surface area (Å²) in [5.41, 5.74) is 0.768. The van der Waals surface area contributed by atoms with Crippen LogP contribution in [0.2, 0.25) is 0 Å². The van der Waals surface area contributed by atoms with E-state index in [9.17, 15) is 9.90 Å². The van der Waals surface area contributed by atoms with Crippen LogP contribution in [-0.2, 0) is 0 Å². The summed E-state index contributed by atoms with van der Waals surface area (Å²) in [5.74, 6) is 0.461. The molecule has 0 bridgehead atoms. The van der Waals surface area contributed by atoms with Gasteiger partial charge in [0.25, 0.3) is 0 Å². The van der Waals surface area contributed by atoms with E-state index in [0.29, 0.717) is 6.42 Å². The highest BCUT2D eigenvalue weighted by Crippen LogP contribution is 2.22. The maximum absolute atomic E-state index is 12.0. The molecule has 2 rings (SSSR count). The Morgan fingerprint density at radius 2 is 1.78 bits per heavy atom. The lowest BCUT2D eigenvalue weighted by Gasteiger charge is -2.03. The average molecular weight is 242 g/mol. The maximum Gasteiger partial charge on any atom is 0.162 e. The highest BCUT2D eigenvalue weighted by Gasteiger charge is 2.06. The van der Waals surface area contributed by atoms with Crippen LogP contribution in [-0.4, -0.2) is 10.9 Å². The van der Waals surface area contributed by atoms with Crippen molar-refractivity contribution in [2.75, 3.05) is 0 Å². The van der Waals surface area contributed by atoms with Crippen molar-refractivity contribution >= 4 is 16.6 Å². The molecule has 0 saturated heterocycles. The van der Waals surface area contributed by atoms with E-state index in [1.807, 2.05) is 24.3 Å². The zero-order valence-electron chi connectivity index (χ0n) is 10.6. The number of aromatic hydroxyl groups is 1. The molecule has 0 aliphatic rings. The van der Waals surface area contributed by atoms with Crippen molar-refractivity contribution in [1.29, 1.82) is 0 Å². The minimum Gasteiger partial charge on any atom is -0.508 e. The van der Waals surface area contributed by atoms with Gasteiger partial charge in [0, 0.05) is 12.0 Å². The third kappa shape index (κ3) is 2.89. The van der Waals surface area contributed by atoms with E-state index in [4.69, 9.17) is 0 Å². The van der Waals surface area contributed by atoms with Crippen LogP contribution in [0.25, 0.3) is 10.8 Å². The Labute approximate surface area is 107 Å². The van der Waals surface area contributed by atoms with Crippen LogP contribution in [0.4, 0.5) is 0 Å². The third-order valence-corrected chi connectivity index (χ3v) is 3.15. The number of phenolic OH excluding ortho intramolecular Hbond substituents is 1. The Kier molecular flexibility index (Phi) is 3.98. The summed E-state index contributed by atoms with van der Waals surface area (Å²) in [6.07, 6.45) is 3.82.